The van der Waals surface area contributed by atoms with E-state index in [1.54, 1.807) is 20.8 Å². The molecule has 0 atom stereocenters. The van der Waals surface area contributed by atoms with E-state index in [-0.39, 0.29) is 19.8 Å². The summed E-state index contributed by atoms with van der Waals surface area (Å²) in [5.41, 5.74) is -1.93. The summed E-state index contributed by atoms with van der Waals surface area (Å²) in [4.78, 5) is 18.2. The van der Waals surface area contributed by atoms with Gasteiger partial charge in [0.2, 0.25) is 0 Å². The first-order valence-corrected chi connectivity index (χ1v) is 8.75. The maximum absolute atomic E-state index is 9.11. The Kier molecular flexibility index (Phi) is 9.46. The summed E-state index contributed by atoms with van der Waals surface area (Å²) in [5, 5.41) is 0. The van der Waals surface area contributed by atoms with Crippen LogP contribution in [0.15, 0.2) is 0 Å². The Bertz CT molecular complexity index is 221. The SMILES string of the molecule is CCO[Si](OCC)(OCC)C(OC)(OC)OP(O)O. The molecule has 0 bridgehead atoms. The molecule has 0 aliphatic heterocycles. The lowest BCUT2D eigenvalue weighted by molar-refractivity contribution is -0.303. The largest absolute Gasteiger partial charge is 0.597 e. The van der Waals surface area contributed by atoms with Crippen LogP contribution in [0.2, 0.25) is 0 Å². The van der Waals surface area contributed by atoms with Crippen molar-refractivity contribution in [2.45, 2.75) is 26.4 Å². The second kappa shape index (κ2) is 9.30. The highest BCUT2D eigenvalue weighted by atomic mass is 31.2. The van der Waals surface area contributed by atoms with Gasteiger partial charge in [-0.05, 0) is 20.8 Å². The number of ether oxygens (including phenoxy) is 2. The normalized spacial score (nSPS) is 13.3. The second-order valence-corrected chi connectivity index (χ2v) is 6.44. The van der Waals surface area contributed by atoms with Crippen LogP contribution in [-0.2, 0) is 27.3 Å². The predicted octanol–water partition coefficient (Wildman–Crippen LogP) is 0.749. The van der Waals surface area contributed by atoms with Crippen LogP contribution < -0.4 is 0 Å². The van der Waals surface area contributed by atoms with Crippen molar-refractivity contribution in [3.63, 3.8) is 0 Å². The van der Waals surface area contributed by atoms with E-state index in [2.05, 4.69) is 0 Å². The molecule has 0 spiro atoms. The number of methoxy groups -OCH3 is 2. The molecular formula is C9H23O8PSi. The van der Waals surface area contributed by atoms with Crippen LogP contribution in [0.1, 0.15) is 20.8 Å². The van der Waals surface area contributed by atoms with Crippen LogP contribution in [0.25, 0.3) is 0 Å². The lowest BCUT2D eigenvalue weighted by Crippen LogP contribution is -2.68. The van der Waals surface area contributed by atoms with Crippen molar-refractivity contribution in [2.24, 2.45) is 0 Å². The van der Waals surface area contributed by atoms with Crippen LogP contribution >= 0.6 is 8.60 Å². The molecule has 19 heavy (non-hydrogen) atoms. The Hall–Kier alpha value is 0.327. The van der Waals surface area contributed by atoms with Crippen LogP contribution in [0, 0.1) is 0 Å². The fourth-order valence-corrected chi connectivity index (χ4v) is 5.01. The van der Waals surface area contributed by atoms with Gasteiger partial charge < -0.3 is 32.5 Å². The standard InChI is InChI=1S/C9H23O8PSi/c1-6-14-19(15-7-2,16-8-3)9(12-4,13-5)17-18(10)11/h10-11H,6-8H2,1-5H3. The number of hydrogen-bond donors (Lipinski definition) is 2. The van der Waals surface area contributed by atoms with Crippen LogP contribution in [0.5, 0.6) is 0 Å². The average molecular weight is 318 g/mol. The van der Waals surface area contributed by atoms with Gasteiger partial charge in [0, 0.05) is 34.0 Å². The summed E-state index contributed by atoms with van der Waals surface area (Å²) in [6.45, 7) is 6.03. The summed E-state index contributed by atoms with van der Waals surface area (Å²) in [6.07, 6.45) is 0. The van der Waals surface area contributed by atoms with Gasteiger partial charge in [-0.15, -0.1) is 0 Å². The minimum atomic E-state index is -3.61. The van der Waals surface area contributed by atoms with Crippen molar-refractivity contribution in [2.75, 3.05) is 34.0 Å². The van der Waals surface area contributed by atoms with E-state index < -0.39 is 23.0 Å². The Balaban J connectivity index is 5.53. The third-order valence-corrected chi connectivity index (χ3v) is 5.96. The lowest BCUT2D eigenvalue weighted by Gasteiger charge is -2.41. The molecule has 116 valence electrons. The Morgan fingerprint density at radius 1 is 0.895 bits per heavy atom. The molecule has 10 heteroatoms. The molecule has 0 saturated heterocycles. The summed E-state index contributed by atoms with van der Waals surface area (Å²) >= 11 is 0. The molecule has 2 N–H and O–H groups in total. The van der Waals surface area contributed by atoms with Crippen molar-refractivity contribution in [1.82, 2.24) is 0 Å². The molecule has 0 amide bonds. The highest BCUT2D eigenvalue weighted by molar-refractivity contribution is 7.39. The van der Waals surface area contributed by atoms with Crippen LogP contribution in [-0.4, -0.2) is 58.2 Å². The number of rotatable bonds is 11. The highest BCUT2D eigenvalue weighted by Gasteiger charge is 2.67. The monoisotopic (exact) mass is 318 g/mol. The van der Waals surface area contributed by atoms with Crippen LogP contribution in [0.4, 0.5) is 0 Å². The van der Waals surface area contributed by atoms with Gasteiger partial charge in [0.05, 0.1) is 0 Å². The fourth-order valence-electron chi connectivity index (χ4n) is 1.53. The van der Waals surface area contributed by atoms with E-state index in [1.165, 1.54) is 14.2 Å². The van der Waals surface area contributed by atoms with E-state index in [0.29, 0.717) is 0 Å². The lowest BCUT2D eigenvalue weighted by atomic mass is 10.9. The molecule has 8 nitrogen and oxygen atoms in total. The average Bonchev–Trinajstić information content (AvgIpc) is 2.36. The molecule has 0 unspecified atom stereocenters. The van der Waals surface area contributed by atoms with Gasteiger partial charge in [-0.2, -0.15) is 0 Å². The van der Waals surface area contributed by atoms with Crippen molar-refractivity contribution >= 4 is 17.4 Å². The Morgan fingerprint density at radius 3 is 1.47 bits per heavy atom. The van der Waals surface area contributed by atoms with Crippen molar-refractivity contribution in [3.05, 3.63) is 0 Å². The van der Waals surface area contributed by atoms with Gasteiger partial charge in [-0.25, -0.2) is 0 Å². The zero-order chi connectivity index (χ0) is 14.9. The maximum Gasteiger partial charge on any atom is 0.597 e. The molecule has 0 aliphatic rings. The molecule has 0 aromatic heterocycles. The van der Waals surface area contributed by atoms with Crippen molar-refractivity contribution in [3.8, 4) is 0 Å². The molecule has 0 heterocycles. The van der Waals surface area contributed by atoms with Gasteiger partial charge in [0.25, 0.3) is 0 Å². The topological polar surface area (TPSA) is 95.8 Å². The van der Waals surface area contributed by atoms with E-state index in [0.717, 1.165) is 0 Å². The Morgan fingerprint density at radius 2 is 1.26 bits per heavy atom. The quantitative estimate of drug-likeness (QED) is 0.327. The molecule has 0 saturated carbocycles. The van der Waals surface area contributed by atoms with E-state index in [1.807, 2.05) is 0 Å². The summed E-state index contributed by atoms with van der Waals surface area (Å²) in [6, 6.07) is 0. The first-order valence-electron chi connectivity index (χ1n) is 5.86. The third kappa shape index (κ3) is 4.67. The van der Waals surface area contributed by atoms with Gasteiger partial charge >= 0.3 is 23.0 Å². The summed E-state index contributed by atoms with van der Waals surface area (Å²) in [7, 11) is -3.80. The molecule has 0 fully saturated rings. The van der Waals surface area contributed by atoms with Crippen LogP contribution in [0.3, 0.4) is 0 Å². The first-order chi connectivity index (χ1) is 8.97. The Labute approximate surface area is 115 Å². The summed E-state index contributed by atoms with van der Waals surface area (Å²) < 4.78 is 32.0. The minimum absolute atomic E-state index is 0.263. The molecule has 0 aliphatic carbocycles. The maximum atomic E-state index is 9.11. The molecule has 0 radical (unpaired) electrons. The first kappa shape index (κ1) is 19.3. The molecular weight excluding hydrogens is 295 g/mol. The fraction of sp³-hybridized carbons (Fsp3) is 1.00. The van der Waals surface area contributed by atoms with Gasteiger partial charge in [0.15, 0.2) is 0 Å². The zero-order valence-corrected chi connectivity index (χ0v) is 13.8. The smallest absolute Gasteiger partial charge is 0.369 e. The summed E-state index contributed by atoms with van der Waals surface area (Å²) in [5.74, 6) is 0. The second-order valence-electron chi connectivity index (χ2n) is 3.16. The predicted molar refractivity (Wildman–Crippen MR) is 69.8 cm³/mol. The van der Waals surface area contributed by atoms with Gasteiger partial charge in [-0.1, -0.05) is 0 Å². The highest BCUT2D eigenvalue weighted by Crippen LogP contribution is 2.40. The van der Waals surface area contributed by atoms with E-state index in [9.17, 15) is 0 Å². The molecule has 0 aromatic carbocycles. The zero-order valence-electron chi connectivity index (χ0n) is 11.9. The molecule has 0 aromatic rings. The van der Waals surface area contributed by atoms with E-state index in [4.69, 9.17) is 37.1 Å². The van der Waals surface area contributed by atoms with Crippen molar-refractivity contribution < 1.29 is 37.1 Å². The minimum Gasteiger partial charge on any atom is -0.369 e. The van der Waals surface area contributed by atoms with Gasteiger partial charge in [0.1, 0.15) is 0 Å². The van der Waals surface area contributed by atoms with Gasteiger partial charge in [-0.3, -0.25) is 4.52 Å². The van der Waals surface area contributed by atoms with E-state index >= 15 is 0 Å². The molecule has 0 rings (SSSR count). The third-order valence-electron chi connectivity index (χ3n) is 2.12. The van der Waals surface area contributed by atoms with Crippen molar-refractivity contribution in [1.29, 1.82) is 0 Å². The number of hydrogen-bond acceptors (Lipinski definition) is 8.